The van der Waals surface area contributed by atoms with Crippen molar-refractivity contribution >= 4 is 33.4 Å². The van der Waals surface area contributed by atoms with E-state index in [1.807, 2.05) is 0 Å². The predicted octanol–water partition coefficient (Wildman–Crippen LogP) is 2.74. The quantitative estimate of drug-likeness (QED) is 0.662. The summed E-state index contributed by atoms with van der Waals surface area (Å²) in [5, 5.41) is 9.08. The Bertz CT molecular complexity index is 1000. The second-order valence-electron chi connectivity index (χ2n) is 6.69. The number of rotatable bonds is 6. The Morgan fingerprint density at radius 2 is 1.77 bits per heavy atom. The van der Waals surface area contributed by atoms with E-state index in [4.69, 9.17) is 0 Å². The van der Waals surface area contributed by atoms with E-state index in [0.717, 1.165) is 35.6 Å². The molecule has 1 aliphatic rings. The van der Waals surface area contributed by atoms with E-state index in [1.165, 1.54) is 35.6 Å². The molecule has 0 radical (unpaired) electrons. The number of benzene rings is 1. The second kappa shape index (κ2) is 8.94. The van der Waals surface area contributed by atoms with Gasteiger partial charge in [0.15, 0.2) is 5.16 Å². The smallest absolute Gasteiger partial charge is 0.325 e. The largest absolute Gasteiger partial charge is 0.451 e. The first-order chi connectivity index (χ1) is 14.1. The van der Waals surface area contributed by atoms with Gasteiger partial charge in [-0.1, -0.05) is 18.2 Å². The van der Waals surface area contributed by atoms with Gasteiger partial charge in [0.25, 0.3) is 0 Å². The molecular formula is C17H20F3N5O3S2. The number of aromatic nitrogens is 3. The van der Waals surface area contributed by atoms with Crippen LogP contribution in [0.3, 0.4) is 0 Å². The van der Waals surface area contributed by atoms with Crippen molar-refractivity contribution < 1.29 is 26.4 Å². The van der Waals surface area contributed by atoms with Crippen molar-refractivity contribution in [2.24, 2.45) is 7.05 Å². The number of halogens is 3. The molecule has 13 heteroatoms. The van der Waals surface area contributed by atoms with Crippen molar-refractivity contribution in [2.75, 3.05) is 24.2 Å². The van der Waals surface area contributed by atoms with Crippen LogP contribution >= 0.6 is 11.8 Å². The zero-order chi connectivity index (χ0) is 21.9. The first-order valence-corrected chi connectivity index (χ1v) is 11.5. The number of amides is 1. The summed E-state index contributed by atoms with van der Waals surface area (Å²) in [5.74, 6) is -1.79. The monoisotopic (exact) mass is 463 g/mol. The lowest BCUT2D eigenvalue weighted by molar-refractivity contribution is -0.147. The van der Waals surface area contributed by atoms with E-state index in [0.29, 0.717) is 18.8 Å². The second-order valence-corrected chi connectivity index (χ2v) is 9.57. The predicted molar refractivity (Wildman–Crippen MR) is 104 cm³/mol. The van der Waals surface area contributed by atoms with Crippen LogP contribution in [-0.2, 0) is 28.0 Å². The molecule has 8 nitrogen and oxygen atoms in total. The molecule has 164 valence electrons. The summed E-state index contributed by atoms with van der Waals surface area (Å²) in [4.78, 5) is 12.2. The number of carbonyl (C=O) groups excluding carboxylic acids is 1. The van der Waals surface area contributed by atoms with Crippen LogP contribution in [0.2, 0.25) is 0 Å². The first-order valence-electron chi connectivity index (χ1n) is 9.08. The average molecular weight is 464 g/mol. The van der Waals surface area contributed by atoms with Crippen molar-refractivity contribution in [1.82, 2.24) is 19.1 Å². The number of carbonyl (C=O) groups is 1. The molecule has 1 saturated heterocycles. The molecule has 0 saturated carbocycles. The molecule has 1 N–H and O–H groups in total. The van der Waals surface area contributed by atoms with Gasteiger partial charge in [-0.05, 0) is 37.1 Å². The van der Waals surface area contributed by atoms with Gasteiger partial charge in [0.05, 0.1) is 10.6 Å². The topological polar surface area (TPSA) is 97.2 Å². The molecule has 1 aromatic carbocycles. The van der Waals surface area contributed by atoms with Gasteiger partial charge >= 0.3 is 6.18 Å². The highest BCUT2D eigenvalue weighted by atomic mass is 32.2. The SMILES string of the molecule is Cn1c(SCC(=O)Nc2ccc(S(=O)(=O)N3CCCCC3)cc2)nnc1C(F)(F)F. The average Bonchev–Trinajstić information content (AvgIpc) is 3.08. The van der Waals surface area contributed by atoms with Crippen molar-refractivity contribution in [2.45, 2.75) is 35.5 Å². The van der Waals surface area contributed by atoms with Crippen LogP contribution in [0.25, 0.3) is 0 Å². The maximum absolute atomic E-state index is 12.7. The summed E-state index contributed by atoms with van der Waals surface area (Å²) >= 11 is 0.812. The number of hydrogen-bond acceptors (Lipinski definition) is 6. The van der Waals surface area contributed by atoms with Crippen molar-refractivity contribution in [3.8, 4) is 0 Å². The van der Waals surface area contributed by atoms with Gasteiger partial charge < -0.3 is 9.88 Å². The van der Waals surface area contributed by atoms with Gasteiger partial charge in [0.1, 0.15) is 0 Å². The molecule has 0 aliphatic carbocycles. The molecule has 30 heavy (non-hydrogen) atoms. The molecule has 0 unspecified atom stereocenters. The number of anilines is 1. The fourth-order valence-electron chi connectivity index (χ4n) is 2.98. The summed E-state index contributed by atoms with van der Waals surface area (Å²) in [7, 11) is -2.39. The molecule has 1 fully saturated rings. The van der Waals surface area contributed by atoms with Crippen LogP contribution in [0.1, 0.15) is 25.1 Å². The van der Waals surface area contributed by atoms with Crippen molar-refractivity contribution in [1.29, 1.82) is 0 Å². The Labute approximate surface area is 175 Å². The number of sulfonamides is 1. The number of nitrogens with zero attached hydrogens (tertiary/aromatic N) is 4. The van der Waals surface area contributed by atoms with Crippen LogP contribution in [-0.4, -0.2) is 52.2 Å². The Morgan fingerprint density at radius 3 is 2.33 bits per heavy atom. The van der Waals surface area contributed by atoms with E-state index >= 15 is 0 Å². The number of piperidine rings is 1. The normalized spacial score (nSPS) is 15.9. The third-order valence-corrected chi connectivity index (χ3v) is 7.44. The summed E-state index contributed by atoms with van der Waals surface area (Å²) in [5.41, 5.74) is 0.382. The minimum Gasteiger partial charge on any atom is -0.325 e. The van der Waals surface area contributed by atoms with E-state index in [-0.39, 0.29) is 15.8 Å². The van der Waals surface area contributed by atoms with Gasteiger partial charge in [-0.15, -0.1) is 10.2 Å². The Morgan fingerprint density at radius 1 is 1.13 bits per heavy atom. The van der Waals surface area contributed by atoms with Crippen molar-refractivity contribution in [3.05, 3.63) is 30.1 Å². The molecule has 0 atom stereocenters. The summed E-state index contributed by atoms with van der Waals surface area (Å²) < 4.78 is 65.7. The molecule has 1 aliphatic heterocycles. The highest BCUT2D eigenvalue weighted by molar-refractivity contribution is 7.99. The minimum absolute atomic E-state index is 0.0413. The Hall–Kier alpha value is -2.12. The number of thioether (sulfide) groups is 1. The van der Waals surface area contributed by atoms with E-state index in [2.05, 4.69) is 15.5 Å². The lowest BCUT2D eigenvalue weighted by Crippen LogP contribution is -2.35. The zero-order valence-corrected chi connectivity index (χ0v) is 17.6. The maximum atomic E-state index is 12.7. The van der Waals surface area contributed by atoms with Crippen molar-refractivity contribution in [3.63, 3.8) is 0 Å². The van der Waals surface area contributed by atoms with Gasteiger partial charge in [-0.25, -0.2) is 8.42 Å². The molecule has 2 aromatic rings. The summed E-state index contributed by atoms with van der Waals surface area (Å²) in [6.45, 7) is 0.992. The van der Waals surface area contributed by atoms with Gasteiger partial charge in [0.2, 0.25) is 21.8 Å². The van der Waals surface area contributed by atoms with E-state index < -0.39 is 27.9 Å². The third kappa shape index (κ3) is 5.13. The Kier molecular flexibility index (Phi) is 6.72. The maximum Gasteiger partial charge on any atom is 0.451 e. The fraction of sp³-hybridized carbons (Fsp3) is 0.471. The fourth-order valence-corrected chi connectivity index (χ4v) is 5.21. The summed E-state index contributed by atoms with van der Waals surface area (Å²) in [6.07, 6.45) is -1.94. The lowest BCUT2D eigenvalue weighted by atomic mass is 10.2. The molecule has 0 bridgehead atoms. The van der Waals surface area contributed by atoms with E-state index in [9.17, 15) is 26.4 Å². The zero-order valence-electron chi connectivity index (χ0n) is 16.0. The molecular weight excluding hydrogens is 443 g/mol. The van der Waals surface area contributed by atoms with Crippen LogP contribution < -0.4 is 5.32 Å². The number of nitrogens with one attached hydrogen (secondary N) is 1. The highest BCUT2D eigenvalue weighted by Gasteiger charge is 2.37. The van der Waals surface area contributed by atoms with Crippen LogP contribution in [0.5, 0.6) is 0 Å². The molecule has 3 rings (SSSR count). The minimum atomic E-state index is -4.63. The van der Waals surface area contributed by atoms with Gasteiger partial charge in [-0.3, -0.25) is 4.79 Å². The lowest BCUT2D eigenvalue weighted by Gasteiger charge is -2.25. The molecule has 1 amide bonds. The standard InChI is InChI=1S/C17H20F3N5O3S2/c1-24-15(17(18,19)20)22-23-16(24)29-11-14(26)21-12-5-7-13(8-6-12)30(27,28)25-9-3-2-4-10-25/h5-8H,2-4,9-11H2,1H3,(H,21,26). The highest BCUT2D eigenvalue weighted by Crippen LogP contribution is 2.29. The van der Waals surface area contributed by atoms with Gasteiger partial charge in [0, 0.05) is 25.8 Å². The summed E-state index contributed by atoms with van der Waals surface area (Å²) in [6, 6.07) is 5.79. The molecule has 2 heterocycles. The van der Waals surface area contributed by atoms with E-state index in [1.54, 1.807) is 0 Å². The molecule has 0 spiro atoms. The van der Waals surface area contributed by atoms with Crippen LogP contribution in [0, 0.1) is 0 Å². The first kappa shape index (κ1) is 22.6. The van der Waals surface area contributed by atoms with Crippen LogP contribution in [0.15, 0.2) is 34.3 Å². The molecule has 1 aromatic heterocycles. The Balaban J connectivity index is 1.58. The number of hydrogen-bond donors (Lipinski definition) is 1. The van der Waals surface area contributed by atoms with Crippen LogP contribution in [0.4, 0.5) is 18.9 Å². The number of alkyl halides is 3. The van der Waals surface area contributed by atoms with Gasteiger partial charge in [-0.2, -0.15) is 17.5 Å². The third-order valence-electron chi connectivity index (χ3n) is 4.51.